The summed E-state index contributed by atoms with van der Waals surface area (Å²) in [5, 5.41) is 13.7. The number of nitrogens with one attached hydrogen (secondary N) is 1. The van der Waals surface area contributed by atoms with Crippen LogP contribution in [0.2, 0.25) is 0 Å². The number of pyridine rings is 1. The number of carbonyl (C=O) groups excluding carboxylic acids is 1. The number of fused-ring (bicyclic) bond motifs is 1. The lowest BCUT2D eigenvalue weighted by Crippen LogP contribution is -2.17. The van der Waals surface area contributed by atoms with Crippen molar-refractivity contribution in [2.24, 2.45) is 5.73 Å². The number of likely N-dealkylation sites (N-methyl/N-ethyl adjacent to an activating group) is 1. The molecule has 158 valence electrons. The molecule has 3 aromatic rings. The standard InChI is InChI=1S/C23H22BrN5O2/c1-29(2)8-7-17(23(26)30)18-10-19-20(11-21(18)31-3)27-13-14(12-25)22(19)28-16-6-4-5-15(24)9-16/h4-7,9-11,13H,8H2,1-3H3,(H2,26,30)(H,27,28). The maximum Gasteiger partial charge on any atom is 0.249 e. The zero-order chi connectivity index (χ0) is 22.5. The number of nitriles is 1. The van der Waals surface area contributed by atoms with Crippen LogP contribution in [-0.4, -0.2) is 43.5 Å². The number of hydrogen-bond donors (Lipinski definition) is 2. The van der Waals surface area contributed by atoms with E-state index in [0.29, 0.717) is 45.6 Å². The van der Waals surface area contributed by atoms with E-state index in [0.717, 1.165) is 10.2 Å². The Hall–Kier alpha value is -3.41. The molecule has 0 fully saturated rings. The third-order valence-corrected chi connectivity index (χ3v) is 5.11. The van der Waals surface area contributed by atoms with E-state index in [1.165, 1.54) is 13.3 Å². The van der Waals surface area contributed by atoms with Gasteiger partial charge in [-0.1, -0.05) is 28.1 Å². The summed E-state index contributed by atoms with van der Waals surface area (Å²) in [4.78, 5) is 18.6. The van der Waals surface area contributed by atoms with Crippen molar-refractivity contribution in [3.8, 4) is 11.8 Å². The van der Waals surface area contributed by atoms with Crippen LogP contribution in [0.25, 0.3) is 16.5 Å². The number of amides is 1. The van der Waals surface area contributed by atoms with E-state index < -0.39 is 5.91 Å². The van der Waals surface area contributed by atoms with Crippen LogP contribution in [0.5, 0.6) is 5.75 Å². The molecule has 0 radical (unpaired) electrons. The number of methoxy groups -OCH3 is 1. The summed E-state index contributed by atoms with van der Waals surface area (Å²) in [6.07, 6.45) is 3.27. The molecule has 3 N–H and O–H groups in total. The average Bonchev–Trinajstić information content (AvgIpc) is 2.73. The summed E-state index contributed by atoms with van der Waals surface area (Å²) in [6.45, 7) is 0.527. The first-order valence-corrected chi connectivity index (χ1v) is 10.2. The molecule has 0 unspecified atom stereocenters. The normalized spacial score (nSPS) is 11.4. The Labute approximate surface area is 189 Å². The molecule has 1 amide bonds. The smallest absolute Gasteiger partial charge is 0.249 e. The van der Waals surface area contributed by atoms with Crippen LogP contribution >= 0.6 is 15.9 Å². The van der Waals surface area contributed by atoms with Crippen molar-refractivity contribution >= 4 is 49.7 Å². The summed E-state index contributed by atoms with van der Waals surface area (Å²) in [7, 11) is 5.32. The first-order valence-electron chi connectivity index (χ1n) is 9.42. The largest absolute Gasteiger partial charge is 0.496 e. The molecule has 1 heterocycles. The van der Waals surface area contributed by atoms with Crippen LogP contribution in [0.4, 0.5) is 11.4 Å². The number of nitrogens with zero attached hydrogens (tertiary/aromatic N) is 3. The van der Waals surface area contributed by atoms with Gasteiger partial charge in [-0.3, -0.25) is 9.78 Å². The molecular weight excluding hydrogens is 458 g/mol. The number of benzene rings is 2. The lowest BCUT2D eigenvalue weighted by atomic mass is 9.99. The van der Waals surface area contributed by atoms with Crippen LogP contribution in [-0.2, 0) is 4.79 Å². The highest BCUT2D eigenvalue weighted by atomic mass is 79.9. The Balaban J connectivity index is 2.26. The molecule has 3 rings (SSSR count). The van der Waals surface area contributed by atoms with E-state index in [2.05, 4.69) is 32.3 Å². The molecule has 0 aliphatic rings. The Morgan fingerprint density at radius 3 is 2.74 bits per heavy atom. The summed E-state index contributed by atoms with van der Waals surface area (Å²) in [5.74, 6) is -0.0904. The molecule has 0 spiro atoms. The molecule has 0 aliphatic heterocycles. The number of hydrogen-bond acceptors (Lipinski definition) is 6. The van der Waals surface area contributed by atoms with Crippen molar-refractivity contribution in [3.05, 3.63) is 64.3 Å². The van der Waals surface area contributed by atoms with Crippen molar-refractivity contribution in [2.45, 2.75) is 0 Å². The monoisotopic (exact) mass is 479 g/mol. The van der Waals surface area contributed by atoms with Gasteiger partial charge in [0, 0.05) is 45.5 Å². The number of nitrogens with two attached hydrogens (primary N) is 1. The zero-order valence-corrected chi connectivity index (χ0v) is 19.0. The maximum absolute atomic E-state index is 12.2. The molecule has 0 aliphatic carbocycles. The highest BCUT2D eigenvalue weighted by Crippen LogP contribution is 2.36. The summed E-state index contributed by atoms with van der Waals surface area (Å²) in [6, 6.07) is 13.3. The Bertz CT molecular complexity index is 1210. The minimum Gasteiger partial charge on any atom is -0.496 e. The number of carbonyl (C=O) groups is 1. The number of rotatable bonds is 7. The SMILES string of the molecule is COc1cc2ncc(C#N)c(Nc3cccc(Br)c3)c2cc1C(=CCN(C)C)C(N)=O. The minimum atomic E-state index is -0.564. The van der Waals surface area contributed by atoms with Crippen molar-refractivity contribution in [2.75, 3.05) is 33.1 Å². The van der Waals surface area contributed by atoms with Gasteiger partial charge in [0.2, 0.25) is 5.91 Å². The third kappa shape index (κ3) is 5.02. The van der Waals surface area contributed by atoms with E-state index in [9.17, 15) is 10.1 Å². The minimum absolute atomic E-state index is 0.336. The van der Waals surface area contributed by atoms with Crippen LogP contribution in [0, 0.1) is 11.3 Å². The molecule has 0 saturated heterocycles. The predicted molar refractivity (Wildman–Crippen MR) is 126 cm³/mol. The van der Waals surface area contributed by atoms with Crippen LogP contribution in [0.1, 0.15) is 11.1 Å². The van der Waals surface area contributed by atoms with E-state index in [1.807, 2.05) is 43.3 Å². The maximum atomic E-state index is 12.2. The van der Waals surface area contributed by atoms with Crippen molar-refractivity contribution in [3.63, 3.8) is 0 Å². The molecular formula is C23H22BrN5O2. The molecule has 2 aromatic carbocycles. The average molecular weight is 480 g/mol. The lowest BCUT2D eigenvalue weighted by molar-refractivity contribution is -0.112. The van der Waals surface area contributed by atoms with E-state index >= 15 is 0 Å². The predicted octanol–water partition coefficient (Wildman–Crippen LogP) is 4.05. The second-order valence-electron chi connectivity index (χ2n) is 7.11. The molecule has 0 atom stereocenters. The second kappa shape index (κ2) is 9.60. The highest BCUT2D eigenvalue weighted by Gasteiger charge is 2.18. The fraction of sp³-hybridized carbons (Fsp3) is 0.174. The number of anilines is 2. The number of ether oxygens (including phenoxy) is 1. The number of primary amides is 1. The van der Waals surface area contributed by atoms with Gasteiger partial charge < -0.3 is 20.7 Å². The molecule has 31 heavy (non-hydrogen) atoms. The van der Waals surface area contributed by atoms with Crippen molar-refractivity contribution < 1.29 is 9.53 Å². The Kier molecular flexibility index (Phi) is 6.90. The molecule has 0 bridgehead atoms. The molecule has 8 heteroatoms. The van der Waals surface area contributed by atoms with Gasteiger partial charge in [0.25, 0.3) is 0 Å². The van der Waals surface area contributed by atoms with Gasteiger partial charge in [0.1, 0.15) is 11.8 Å². The quantitative estimate of drug-likeness (QED) is 0.495. The van der Waals surface area contributed by atoms with Gasteiger partial charge in [0.05, 0.1) is 23.9 Å². The lowest BCUT2D eigenvalue weighted by Gasteiger charge is -2.16. The molecule has 7 nitrogen and oxygen atoms in total. The van der Waals surface area contributed by atoms with Gasteiger partial charge >= 0.3 is 0 Å². The van der Waals surface area contributed by atoms with Gasteiger partial charge in [-0.05, 0) is 38.4 Å². The molecule has 1 aromatic heterocycles. The topological polar surface area (TPSA) is 104 Å². The summed E-state index contributed by atoms with van der Waals surface area (Å²) >= 11 is 3.46. The Morgan fingerprint density at radius 1 is 1.35 bits per heavy atom. The zero-order valence-electron chi connectivity index (χ0n) is 17.4. The fourth-order valence-electron chi connectivity index (χ4n) is 3.15. The van der Waals surface area contributed by atoms with Gasteiger partial charge in [0.15, 0.2) is 0 Å². The Morgan fingerprint density at radius 2 is 2.13 bits per heavy atom. The number of halogens is 1. The summed E-state index contributed by atoms with van der Waals surface area (Å²) < 4.78 is 6.43. The highest BCUT2D eigenvalue weighted by molar-refractivity contribution is 9.10. The first-order chi connectivity index (χ1) is 14.8. The summed E-state index contributed by atoms with van der Waals surface area (Å²) in [5.41, 5.74) is 8.95. The second-order valence-corrected chi connectivity index (χ2v) is 8.02. The van der Waals surface area contributed by atoms with Gasteiger partial charge in [-0.2, -0.15) is 5.26 Å². The van der Waals surface area contributed by atoms with Crippen LogP contribution in [0.3, 0.4) is 0 Å². The van der Waals surface area contributed by atoms with Gasteiger partial charge in [-0.25, -0.2) is 0 Å². The third-order valence-electron chi connectivity index (χ3n) is 4.62. The van der Waals surface area contributed by atoms with Gasteiger partial charge in [-0.15, -0.1) is 0 Å². The van der Waals surface area contributed by atoms with Crippen LogP contribution < -0.4 is 15.8 Å². The van der Waals surface area contributed by atoms with E-state index in [4.69, 9.17) is 10.5 Å². The first kappa shape index (κ1) is 22.3. The van der Waals surface area contributed by atoms with Crippen molar-refractivity contribution in [1.29, 1.82) is 5.26 Å². The van der Waals surface area contributed by atoms with Crippen LogP contribution in [0.15, 0.2) is 53.1 Å². The fourth-order valence-corrected chi connectivity index (χ4v) is 3.55. The van der Waals surface area contributed by atoms with E-state index in [1.54, 1.807) is 18.2 Å². The van der Waals surface area contributed by atoms with E-state index in [-0.39, 0.29) is 0 Å². The van der Waals surface area contributed by atoms with Crippen molar-refractivity contribution in [1.82, 2.24) is 9.88 Å². The number of aromatic nitrogens is 1. The molecule has 0 saturated carbocycles.